The van der Waals surface area contributed by atoms with E-state index in [9.17, 15) is 13.2 Å². The lowest BCUT2D eigenvalue weighted by atomic mass is 10.0. The molecular weight excluding hydrogens is 460 g/mol. The highest BCUT2D eigenvalue weighted by molar-refractivity contribution is 7.91. The van der Waals surface area contributed by atoms with E-state index in [0.717, 1.165) is 49.4 Å². The molecule has 35 heavy (non-hydrogen) atoms. The molecule has 0 aliphatic carbocycles. The number of amides is 1. The zero-order valence-corrected chi connectivity index (χ0v) is 21.1. The van der Waals surface area contributed by atoms with Crippen LogP contribution < -0.4 is 15.0 Å². The zero-order valence-electron chi connectivity index (χ0n) is 20.3. The summed E-state index contributed by atoms with van der Waals surface area (Å²) in [7, 11) is -1.54. The van der Waals surface area contributed by atoms with Gasteiger partial charge in [0.25, 0.3) is 0 Å². The molecule has 0 saturated carbocycles. The lowest BCUT2D eigenvalue weighted by molar-refractivity contribution is -0.115. The summed E-state index contributed by atoms with van der Waals surface area (Å²) < 4.78 is 29.3. The number of nitrogens with zero attached hydrogens (tertiary/aromatic N) is 1. The van der Waals surface area contributed by atoms with Gasteiger partial charge in [0.1, 0.15) is 5.75 Å². The second-order valence-corrected chi connectivity index (χ2v) is 11.1. The molecule has 0 radical (unpaired) electrons. The minimum Gasteiger partial charge on any atom is -0.497 e. The van der Waals surface area contributed by atoms with E-state index in [4.69, 9.17) is 4.74 Å². The molecule has 1 heterocycles. The van der Waals surface area contributed by atoms with Crippen molar-refractivity contribution in [2.24, 2.45) is 0 Å². The lowest BCUT2D eigenvalue weighted by Crippen LogP contribution is -2.31. The Labute approximate surface area is 207 Å². The van der Waals surface area contributed by atoms with Crippen molar-refractivity contribution in [3.05, 3.63) is 83.4 Å². The van der Waals surface area contributed by atoms with Crippen molar-refractivity contribution in [1.29, 1.82) is 0 Å². The Morgan fingerprint density at radius 1 is 1.00 bits per heavy atom. The number of rotatable bonds is 9. The Bertz CT molecular complexity index is 1270. The second-order valence-electron chi connectivity index (χ2n) is 8.80. The number of methoxy groups -OCH3 is 1. The van der Waals surface area contributed by atoms with Gasteiger partial charge in [-0.3, -0.25) is 4.79 Å². The molecule has 0 spiro atoms. The van der Waals surface area contributed by atoms with Crippen molar-refractivity contribution in [2.45, 2.75) is 37.5 Å². The number of aryl methyl sites for hydroxylation is 1. The molecular formula is C28H32N2O4S. The van der Waals surface area contributed by atoms with E-state index in [1.165, 1.54) is 16.8 Å². The minimum atomic E-state index is -3.24. The monoisotopic (exact) mass is 492 g/mol. The van der Waals surface area contributed by atoms with Gasteiger partial charge < -0.3 is 15.0 Å². The SMILES string of the molecule is CCS(=O)(=O)c1ccc(CC(=O)Nc2ccc(CCN3CCCc4ccc(OC)cc43)cc2)cc1. The first-order valence-electron chi connectivity index (χ1n) is 12.0. The molecule has 0 unspecified atom stereocenters. The van der Waals surface area contributed by atoms with Gasteiger partial charge in [0.15, 0.2) is 9.84 Å². The fraction of sp³-hybridized carbons (Fsp3) is 0.321. The molecule has 0 aromatic heterocycles. The predicted molar refractivity (Wildman–Crippen MR) is 140 cm³/mol. The summed E-state index contributed by atoms with van der Waals surface area (Å²) in [5, 5.41) is 2.92. The van der Waals surface area contributed by atoms with E-state index in [-0.39, 0.29) is 23.0 Å². The highest BCUT2D eigenvalue weighted by Gasteiger charge is 2.17. The third-order valence-electron chi connectivity index (χ3n) is 6.44. The van der Waals surface area contributed by atoms with Crippen LogP contribution in [0.1, 0.15) is 30.0 Å². The highest BCUT2D eigenvalue weighted by Crippen LogP contribution is 2.31. The standard InChI is InChI=1S/C28H32N2O4S/c1-3-35(32,33)26-14-8-22(9-15-26)19-28(31)29-24-11-6-21(7-12-24)16-18-30-17-4-5-23-10-13-25(34-2)20-27(23)30/h6-15,20H,3-5,16-19H2,1-2H3,(H,29,31). The number of anilines is 2. The van der Waals surface area contributed by atoms with Crippen LogP contribution >= 0.6 is 0 Å². The van der Waals surface area contributed by atoms with E-state index < -0.39 is 9.84 Å². The summed E-state index contributed by atoms with van der Waals surface area (Å²) in [5.41, 5.74) is 5.37. The van der Waals surface area contributed by atoms with Crippen LogP contribution in [0.15, 0.2) is 71.6 Å². The minimum absolute atomic E-state index is 0.0584. The smallest absolute Gasteiger partial charge is 0.228 e. The number of benzene rings is 3. The quantitative estimate of drug-likeness (QED) is 0.470. The number of ether oxygens (including phenoxy) is 1. The average Bonchev–Trinajstić information content (AvgIpc) is 2.88. The number of sulfone groups is 1. The summed E-state index contributed by atoms with van der Waals surface area (Å²) in [6, 6.07) is 20.8. The predicted octanol–water partition coefficient (Wildman–Crippen LogP) is 4.67. The van der Waals surface area contributed by atoms with E-state index in [1.807, 2.05) is 18.2 Å². The molecule has 0 bridgehead atoms. The fourth-order valence-corrected chi connectivity index (χ4v) is 5.26. The molecule has 0 atom stereocenters. The van der Waals surface area contributed by atoms with Crippen molar-refractivity contribution in [3.63, 3.8) is 0 Å². The van der Waals surface area contributed by atoms with Crippen molar-refractivity contribution >= 4 is 27.1 Å². The molecule has 7 heteroatoms. The molecule has 1 amide bonds. The number of hydrogen-bond donors (Lipinski definition) is 1. The lowest BCUT2D eigenvalue weighted by Gasteiger charge is -2.31. The van der Waals surface area contributed by atoms with Gasteiger partial charge in [-0.1, -0.05) is 37.3 Å². The van der Waals surface area contributed by atoms with Gasteiger partial charge in [0.2, 0.25) is 5.91 Å². The van der Waals surface area contributed by atoms with Crippen LogP contribution in [0.5, 0.6) is 5.75 Å². The normalized spacial score (nSPS) is 13.3. The number of fused-ring (bicyclic) bond motifs is 1. The summed E-state index contributed by atoms with van der Waals surface area (Å²) in [6.07, 6.45) is 3.36. The molecule has 3 aromatic carbocycles. The molecule has 1 aliphatic heterocycles. The topological polar surface area (TPSA) is 75.7 Å². The average molecular weight is 493 g/mol. The van der Waals surface area contributed by atoms with Gasteiger partial charge in [-0.25, -0.2) is 8.42 Å². The van der Waals surface area contributed by atoms with Gasteiger partial charge in [-0.15, -0.1) is 0 Å². The molecule has 1 aliphatic rings. The van der Waals surface area contributed by atoms with Crippen LogP contribution in [-0.2, 0) is 33.9 Å². The van der Waals surface area contributed by atoms with Crippen molar-refractivity contribution in [1.82, 2.24) is 0 Å². The highest BCUT2D eigenvalue weighted by atomic mass is 32.2. The van der Waals surface area contributed by atoms with Gasteiger partial charge in [-0.05, 0) is 66.3 Å². The third kappa shape index (κ3) is 6.22. The summed E-state index contributed by atoms with van der Waals surface area (Å²) in [4.78, 5) is 15.2. The van der Waals surface area contributed by atoms with Crippen LogP contribution in [0.2, 0.25) is 0 Å². The van der Waals surface area contributed by atoms with E-state index in [2.05, 4.69) is 34.5 Å². The molecule has 1 N–H and O–H groups in total. The molecule has 0 fully saturated rings. The number of hydrogen-bond acceptors (Lipinski definition) is 5. The van der Waals surface area contributed by atoms with Gasteiger partial charge in [0, 0.05) is 30.5 Å². The Hall–Kier alpha value is -3.32. The van der Waals surface area contributed by atoms with Crippen LogP contribution in [-0.4, -0.2) is 40.3 Å². The van der Waals surface area contributed by atoms with Crippen LogP contribution in [0.4, 0.5) is 11.4 Å². The Morgan fingerprint density at radius 2 is 1.71 bits per heavy atom. The maximum absolute atomic E-state index is 12.5. The maximum atomic E-state index is 12.5. The number of nitrogens with one attached hydrogen (secondary N) is 1. The zero-order chi connectivity index (χ0) is 24.8. The fourth-order valence-electron chi connectivity index (χ4n) is 4.38. The van der Waals surface area contributed by atoms with Crippen LogP contribution in [0.3, 0.4) is 0 Å². The maximum Gasteiger partial charge on any atom is 0.228 e. The van der Waals surface area contributed by atoms with Crippen molar-refractivity contribution < 1.29 is 17.9 Å². The second kappa shape index (κ2) is 11.0. The van der Waals surface area contributed by atoms with E-state index in [0.29, 0.717) is 0 Å². The first-order valence-corrected chi connectivity index (χ1v) is 13.7. The Morgan fingerprint density at radius 3 is 2.40 bits per heavy atom. The number of carbonyl (C=O) groups is 1. The van der Waals surface area contributed by atoms with Crippen LogP contribution in [0.25, 0.3) is 0 Å². The van der Waals surface area contributed by atoms with Gasteiger partial charge >= 0.3 is 0 Å². The molecule has 4 rings (SSSR count). The molecule has 0 saturated heterocycles. The summed E-state index contributed by atoms with van der Waals surface area (Å²) >= 11 is 0. The van der Waals surface area contributed by atoms with Gasteiger partial charge in [0.05, 0.1) is 24.2 Å². The summed E-state index contributed by atoms with van der Waals surface area (Å²) in [5.74, 6) is 0.809. The summed E-state index contributed by atoms with van der Waals surface area (Å²) in [6.45, 7) is 3.58. The van der Waals surface area contributed by atoms with Gasteiger partial charge in [-0.2, -0.15) is 0 Å². The van der Waals surface area contributed by atoms with E-state index in [1.54, 1.807) is 38.3 Å². The Balaban J connectivity index is 1.31. The first-order chi connectivity index (χ1) is 16.9. The van der Waals surface area contributed by atoms with E-state index >= 15 is 0 Å². The first kappa shape index (κ1) is 24.8. The molecule has 184 valence electrons. The van der Waals surface area contributed by atoms with Crippen molar-refractivity contribution in [3.8, 4) is 5.75 Å². The Kier molecular flexibility index (Phi) is 7.76. The molecule has 3 aromatic rings. The molecule has 6 nitrogen and oxygen atoms in total. The largest absolute Gasteiger partial charge is 0.497 e. The van der Waals surface area contributed by atoms with Crippen molar-refractivity contribution in [2.75, 3.05) is 36.2 Å². The number of carbonyl (C=O) groups excluding carboxylic acids is 1. The third-order valence-corrected chi connectivity index (χ3v) is 8.19. The van der Waals surface area contributed by atoms with Crippen LogP contribution in [0, 0.1) is 0 Å².